The lowest BCUT2D eigenvalue weighted by Crippen LogP contribution is -2.55. The first-order valence-corrected chi connectivity index (χ1v) is 7.15. The highest BCUT2D eigenvalue weighted by Crippen LogP contribution is 2.38. The van der Waals surface area contributed by atoms with Crippen LogP contribution in [0.3, 0.4) is 0 Å². The summed E-state index contributed by atoms with van der Waals surface area (Å²) in [5.74, 6) is 0.312. The number of aromatic nitrogens is 2. The second-order valence-corrected chi connectivity index (χ2v) is 5.94. The number of anilines is 1. The van der Waals surface area contributed by atoms with Crippen molar-refractivity contribution in [3.8, 4) is 0 Å². The van der Waals surface area contributed by atoms with Crippen molar-refractivity contribution in [3.63, 3.8) is 0 Å². The number of nitrogens with two attached hydrogens (primary N) is 1. The lowest BCUT2D eigenvalue weighted by atomic mass is 9.94. The van der Waals surface area contributed by atoms with Gasteiger partial charge in [0.15, 0.2) is 0 Å². The lowest BCUT2D eigenvalue weighted by molar-refractivity contribution is -0.230. The topological polar surface area (TPSA) is 142 Å². The second kappa shape index (κ2) is 5.44. The van der Waals surface area contributed by atoms with E-state index < -0.39 is 37.1 Å². The van der Waals surface area contributed by atoms with E-state index in [1.54, 1.807) is 6.07 Å². The standard InChI is InChI=1S/C12H15N3O5S/c13-11-4-1-6(21-12(4)15-3-14-11)10-9(19)8(18)7(17)5(2-16)20-10/h1,3,5,7-10,16-19H,2H2,(H2,13,14,15)/t5-,7+,8+,9-,10-/m1/s1. The van der Waals surface area contributed by atoms with Crippen molar-refractivity contribution < 1.29 is 25.2 Å². The van der Waals surface area contributed by atoms with Crippen LogP contribution in [0.1, 0.15) is 11.0 Å². The maximum Gasteiger partial charge on any atom is 0.135 e. The third-order valence-corrected chi connectivity index (χ3v) is 4.66. The molecule has 0 unspecified atom stereocenters. The van der Waals surface area contributed by atoms with Gasteiger partial charge in [0.05, 0.1) is 12.0 Å². The molecule has 0 aromatic carbocycles. The number of aliphatic hydroxyl groups excluding tert-OH is 4. The summed E-state index contributed by atoms with van der Waals surface area (Å²) in [7, 11) is 0. The van der Waals surface area contributed by atoms with Gasteiger partial charge in [0.25, 0.3) is 0 Å². The first kappa shape index (κ1) is 14.6. The maximum atomic E-state index is 10.1. The molecule has 0 spiro atoms. The molecule has 1 saturated heterocycles. The van der Waals surface area contributed by atoms with Crippen LogP contribution in [-0.2, 0) is 4.74 Å². The van der Waals surface area contributed by atoms with Gasteiger partial charge in [-0.1, -0.05) is 0 Å². The summed E-state index contributed by atoms with van der Waals surface area (Å²) in [5.41, 5.74) is 5.76. The van der Waals surface area contributed by atoms with E-state index in [-0.39, 0.29) is 0 Å². The zero-order valence-corrected chi connectivity index (χ0v) is 11.6. The van der Waals surface area contributed by atoms with Crippen LogP contribution < -0.4 is 5.73 Å². The van der Waals surface area contributed by atoms with E-state index in [1.165, 1.54) is 17.7 Å². The molecule has 3 heterocycles. The molecule has 1 aliphatic heterocycles. The van der Waals surface area contributed by atoms with Crippen molar-refractivity contribution in [1.82, 2.24) is 9.97 Å². The number of aliphatic hydroxyl groups is 4. The summed E-state index contributed by atoms with van der Waals surface area (Å²) in [6.07, 6.45) is -4.58. The Morgan fingerprint density at radius 2 is 1.95 bits per heavy atom. The number of hydrogen-bond acceptors (Lipinski definition) is 9. The quantitative estimate of drug-likeness (QED) is 0.465. The molecule has 0 radical (unpaired) electrons. The van der Waals surface area contributed by atoms with E-state index in [0.717, 1.165) is 0 Å². The zero-order valence-electron chi connectivity index (χ0n) is 10.8. The van der Waals surface area contributed by atoms with Gasteiger partial charge in [-0.05, 0) is 6.07 Å². The third kappa shape index (κ3) is 2.37. The Kier molecular flexibility index (Phi) is 3.78. The Bertz CT molecular complexity index is 649. The van der Waals surface area contributed by atoms with Gasteiger partial charge in [0.2, 0.25) is 0 Å². The number of thiophene rings is 1. The van der Waals surface area contributed by atoms with E-state index in [1.807, 2.05) is 0 Å². The van der Waals surface area contributed by atoms with Crippen LogP contribution in [0.15, 0.2) is 12.4 Å². The minimum Gasteiger partial charge on any atom is -0.394 e. The summed E-state index contributed by atoms with van der Waals surface area (Å²) in [6, 6.07) is 1.68. The fraction of sp³-hybridized carbons (Fsp3) is 0.500. The molecule has 8 nitrogen and oxygen atoms in total. The van der Waals surface area contributed by atoms with Crippen molar-refractivity contribution in [2.75, 3.05) is 12.3 Å². The zero-order chi connectivity index (χ0) is 15.1. The summed E-state index contributed by atoms with van der Waals surface area (Å²) in [4.78, 5) is 9.19. The molecule has 1 aliphatic rings. The molecule has 3 rings (SSSR count). The third-order valence-electron chi connectivity index (χ3n) is 3.55. The first-order chi connectivity index (χ1) is 10.0. The molecule has 0 aliphatic carbocycles. The van der Waals surface area contributed by atoms with E-state index >= 15 is 0 Å². The second-order valence-electron chi connectivity index (χ2n) is 4.88. The molecular weight excluding hydrogens is 298 g/mol. The minimum atomic E-state index is -1.41. The average molecular weight is 313 g/mol. The number of ether oxygens (including phenoxy) is 1. The van der Waals surface area contributed by atoms with Gasteiger partial charge < -0.3 is 30.9 Å². The van der Waals surface area contributed by atoms with Crippen LogP contribution in [0.2, 0.25) is 0 Å². The molecule has 9 heteroatoms. The van der Waals surface area contributed by atoms with Crippen molar-refractivity contribution in [2.45, 2.75) is 30.5 Å². The van der Waals surface area contributed by atoms with Crippen LogP contribution in [0.5, 0.6) is 0 Å². The predicted octanol–water partition coefficient (Wildman–Crippen LogP) is -1.21. The summed E-state index contributed by atoms with van der Waals surface area (Å²) in [5, 5.41) is 39.5. The number of hydrogen-bond donors (Lipinski definition) is 5. The van der Waals surface area contributed by atoms with Crippen molar-refractivity contribution in [2.24, 2.45) is 0 Å². The fourth-order valence-electron chi connectivity index (χ4n) is 2.37. The molecule has 6 N–H and O–H groups in total. The van der Waals surface area contributed by atoms with Crippen molar-refractivity contribution in [1.29, 1.82) is 0 Å². The van der Waals surface area contributed by atoms with E-state index in [2.05, 4.69) is 9.97 Å². The number of nitrogen functional groups attached to an aromatic ring is 1. The Hall–Kier alpha value is -1.36. The number of nitrogens with zero attached hydrogens (tertiary/aromatic N) is 2. The highest BCUT2D eigenvalue weighted by molar-refractivity contribution is 7.18. The average Bonchev–Trinajstić information content (AvgIpc) is 2.90. The molecular formula is C12H15N3O5S. The predicted molar refractivity (Wildman–Crippen MR) is 74.5 cm³/mol. The lowest BCUT2D eigenvalue weighted by Gasteiger charge is -2.39. The van der Waals surface area contributed by atoms with Gasteiger partial charge in [0.1, 0.15) is 47.5 Å². The molecule has 0 amide bonds. The summed E-state index contributed by atoms with van der Waals surface area (Å²) >= 11 is 1.25. The highest BCUT2D eigenvalue weighted by atomic mass is 32.1. The number of fused-ring (bicyclic) bond motifs is 1. The van der Waals surface area contributed by atoms with Gasteiger partial charge in [-0.25, -0.2) is 9.97 Å². The molecule has 21 heavy (non-hydrogen) atoms. The van der Waals surface area contributed by atoms with Crippen LogP contribution >= 0.6 is 11.3 Å². The molecule has 2 aromatic rings. The Labute approximate surface area is 123 Å². The Morgan fingerprint density at radius 3 is 2.62 bits per heavy atom. The Balaban J connectivity index is 1.98. The molecule has 114 valence electrons. The van der Waals surface area contributed by atoms with Gasteiger partial charge >= 0.3 is 0 Å². The Morgan fingerprint density at radius 1 is 1.19 bits per heavy atom. The van der Waals surface area contributed by atoms with E-state index in [4.69, 9.17) is 10.5 Å². The molecule has 1 fully saturated rings. The maximum absolute atomic E-state index is 10.1. The fourth-order valence-corrected chi connectivity index (χ4v) is 3.45. The van der Waals surface area contributed by atoms with E-state index in [9.17, 15) is 20.4 Å². The van der Waals surface area contributed by atoms with E-state index in [0.29, 0.717) is 20.9 Å². The molecule has 0 bridgehead atoms. The molecule has 2 aromatic heterocycles. The van der Waals surface area contributed by atoms with Crippen LogP contribution in [0, 0.1) is 0 Å². The van der Waals surface area contributed by atoms with Gasteiger partial charge in [-0.3, -0.25) is 0 Å². The van der Waals surface area contributed by atoms with Crippen molar-refractivity contribution >= 4 is 27.4 Å². The molecule has 0 saturated carbocycles. The van der Waals surface area contributed by atoms with Crippen LogP contribution in [0.4, 0.5) is 5.82 Å². The SMILES string of the molecule is Nc1ncnc2sc([C@H]3O[C@H](CO)[C@H](O)[C@H](O)[C@H]3O)cc12. The van der Waals surface area contributed by atoms with Gasteiger partial charge in [-0.15, -0.1) is 11.3 Å². The summed E-state index contributed by atoms with van der Waals surface area (Å²) in [6.45, 7) is -0.464. The monoisotopic (exact) mass is 313 g/mol. The van der Waals surface area contributed by atoms with Crippen molar-refractivity contribution in [3.05, 3.63) is 17.3 Å². The van der Waals surface area contributed by atoms with Gasteiger partial charge in [-0.2, -0.15) is 0 Å². The normalized spacial score (nSPS) is 33.4. The highest BCUT2D eigenvalue weighted by Gasteiger charge is 2.44. The van der Waals surface area contributed by atoms with Crippen LogP contribution in [0.25, 0.3) is 10.2 Å². The summed E-state index contributed by atoms with van der Waals surface area (Å²) < 4.78 is 5.50. The smallest absolute Gasteiger partial charge is 0.135 e. The molecule has 5 atom stereocenters. The number of rotatable bonds is 2. The minimum absolute atomic E-state index is 0.312. The van der Waals surface area contributed by atoms with Gasteiger partial charge in [0, 0.05) is 4.88 Å². The van der Waals surface area contributed by atoms with Crippen LogP contribution in [-0.4, -0.2) is 61.4 Å². The first-order valence-electron chi connectivity index (χ1n) is 6.33. The largest absolute Gasteiger partial charge is 0.394 e.